The predicted molar refractivity (Wildman–Crippen MR) is 68.1 cm³/mol. The fourth-order valence-electron chi connectivity index (χ4n) is 1.58. The number of halogens is 2. The highest BCUT2D eigenvalue weighted by atomic mass is 35.5. The van der Waals surface area contributed by atoms with E-state index in [1.54, 1.807) is 29.2 Å². The molecule has 1 aromatic rings. The van der Waals surface area contributed by atoms with Gasteiger partial charge in [-0.25, -0.2) is 0 Å². The third-order valence-corrected chi connectivity index (χ3v) is 2.91. The van der Waals surface area contributed by atoms with Crippen molar-refractivity contribution in [3.05, 3.63) is 39.9 Å². The fraction of sp³-hybridized carbons (Fsp3) is 0.250. The van der Waals surface area contributed by atoms with Gasteiger partial charge < -0.3 is 10.0 Å². The second kappa shape index (κ2) is 5.08. The Labute approximate surface area is 109 Å². The Morgan fingerprint density at radius 2 is 1.88 bits per heavy atom. The average molecular weight is 272 g/mol. The van der Waals surface area contributed by atoms with Crippen molar-refractivity contribution in [1.82, 2.24) is 4.90 Å². The molecule has 90 valence electrons. The number of nitrogens with zero attached hydrogens (tertiary/aromatic N) is 1. The summed E-state index contributed by atoms with van der Waals surface area (Å²) in [5.74, 6) is -0.119. The SMILES string of the molecule is O=C(C=Cc1cc(Cl)cc(Cl)c1)N1CC(O)C1. The summed E-state index contributed by atoms with van der Waals surface area (Å²) >= 11 is 11.7. The second-order valence-electron chi connectivity index (χ2n) is 3.93. The van der Waals surface area contributed by atoms with E-state index in [1.807, 2.05) is 0 Å². The van der Waals surface area contributed by atoms with E-state index in [0.29, 0.717) is 23.1 Å². The van der Waals surface area contributed by atoms with E-state index in [0.717, 1.165) is 5.56 Å². The summed E-state index contributed by atoms with van der Waals surface area (Å²) in [4.78, 5) is 13.1. The molecule has 3 nitrogen and oxygen atoms in total. The molecule has 0 aromatic heterocycles. The van der Waals surface area contributed by atoms with Crippen LogP contribution < -0.4 is 0 Å². The Kier molecular flexibility index (Phi) is 3.72. The van der Waals surface area contributed by atoms with Gasteiger partial charge in [0.25, 0.3) is 0 Å². The molecule has 1 aliphatic heterocycles. The zero-order valence-corrected chi connectivity index (χ0v) is 10.4. The van der Waals surface area contributed by atoms with E-state index >= 15 is 0 Å². The lowest BCUT2D eigenvalue weighted by Crippen LogP contribution is -2.52. The first-order chi connectivity index (χ1) is 8.04. The summed E-state index contributed by atoms with van der Waals surface area (Å²) in [6, 6.07) is 5.08. The van der Waals surface area contributed by atoms with Crippen LogP contribution in [0.25, 0.3) is 6.08 Å². The highest BCUT2D eigenvalue weighted by molar-refractivity contribution is 6.34. The smallest absolute Gasteiger partial charge is 0.246 e. The molecule has 0 unspecified atom stereocenters. The number of carbonyl (C=O) groups is 1. The first-order valence-electron chi connectivity index (χ1n) is 5.16. The summed E-state index contributed by atoms with van der Waals surface area (Å²) in [7, 11) is 0. The number of rotatable bonds is 2. The third kappa shape index (κ3) is 3.22. The van der Waals surface area contributed by atoms with E-state index in [2.05, 4.69) is 0 Å². The van der Waals surface area contributed by atoms with Gasteiger partial charge in [0.1, 0.15) is 0 Å². The van der Waals surface area contributed by atoms with Crippen molar-refractivity contribution in [2.75, 3.05) is 13.1 Å². The van der Waals surface area contributed by atoms with Crippen LogP contribution in [-0.2, 0) is 4.79 Å². The van der Waals surface area contributed by atoms with Gasteiger partial charge in [-0.3, -0.25) is 4.79 Å². The molecule has 0 radical (unpaired) electrons. The lowest BCUT2D eigenvalue weighted by Gasteiger charge is -2.34. The van der Waals surface area contributed by atoms with Crippen molar-refractivity contribution in [3.8, 4) is 0 Å². The summed E-state index contributed by atoms with van der Waals surface area (Å²) in [6.07, 6.45) is 2.73. The maximum atomic E-state index is 11.6. The van der Waals surface area contributed by atoms with Gasteiger partial charge in [0.2, 0.25) is 5.91 Å². The van der Waals surface area contributed by atoms with Crippen molar-refractivity contribution in [1.29, 1.82) is 0 Å². The lowest BCUT2D eigenvalue weighted by molar-refractivity contribution is -0.135. The van der Waals surface area contributed by atoms with Crippen molar-refractivity contribution in [3.63, 3.8) is 0 Å². The van der Waals surface area contributed by atoms with Crippen LogP contribution >= 0.6 is 23.2 Å². The van der Waals surface area contributed by atoms with Gasteiger partial charge in [-0.2, -0.15) is 0 Å². The maximum absolute atomic E-state index is 11.6. The zero-order chi connectivity index (χ0) is 12.4. The Hall–Kier alpha value is -1.03. The van der Waals surface area contributed by atoms with Crippen molar-refractivity contribution in [2.24, 2.45) is 0 Å². The molecular weight excluding hydrogens is 261 g/mol. The van der Waals surface area contributed by atoms with Crippen LogP contribution in [-0.4, -0.2) is 35.1 Å². The molecule has 2 rings (SSSR count). The molecule has 1 N–H and O–H groups in total. The standard InChI is InChI=1S/C12H11Cl2NO2/c13-9-3-8(4-10(14)5-9)1-2-12(17)15-6-11(16)7-15/h1-5,11,16H,6-7H2. The van der Waals surface area contributed by atoms with E-state index in [-0.39, 0.29) is 12.0 Å². The van der Waals surface area contributed by atoms with E-state index < -0.39 is 0 Å². The molecule has 1 aromatic carbocycles. The average Bonchev–Trinajstić information content (AvgIpc) is 2.20. The molecule has 1 fully saturated rings. The molecule has 0 spiro atoms. The van der Waals surface area contributed by atoms with Crippen LogP contribution in [0.5, 0.6) is 0 Å². The Balaban J connectivity index is 2.02. The molecule has 0 saturated carbocycles. The van der Waals surface area contributed by atoms with E-state index in [4.69, 9.17) is 28.3 Å². The number of hydrogen-bond acceptors (Lipinski definition) is 2. The Morgan fingerprint density at radius 3 is 2.41 bits per heavy atom. The number of likely N-dealkylation sites (tertiary alicyclic amines) is 1. The molecular formula is C12H11Cl2NO2. The van der Waals surface area contributed by atoms with Gasteiger partial charge in [-0.1, -0.05) is 23.2 Å². The largest absolute Gasteiger partial charge is 0.389 e. The van der Waals surface area contributed by atoms with Crippen LogP contribution in [0.3, 0.4) is 0 Å². The minimum atomic E-state index is -0.382. The van der Waals surface area contributed by atoms with Gasteiger partial charge in [-0.15, -0.1) is 0 Å². The van der Waals surface area contributed by atoms with Gasteiger partial charge >= 0.3 is 0 Å². The van der Waals surface area contributed by atoms with E-state index in [1.165, 1.54) is 6.08 Å². The van der Waals surface area contributed by atoms with Crippen LogP contribution in [0.1, 0.15) is 5.56 Å². The normalized spacial score (nSPS) is 16.3. The molecule has 1 amide bonds. The summed E-state index contributed by atoms with van der Waals surface area (Å²) < 4.78 is 0. The van der Waals surface area contributed by atoms with Gasteiger partial charge in [-0.05, 0) is 29.8 Å². The van der Waals surface area contributed by atoms with Gasteiger partial charge in [0, 0.05) is 29.2 Å². The van der Waals surface area contributed by atoms with Crippen LogP contribution in [0.2, 0.25) is 10.0 Å². The first kappa shape index (κ1) is 12.4. The molecule has 5 heteroatoms. The van der Waals surface area contributed by atoms with E-state index in [9.17, 15) is 4.79 Å². The maximum Gasteiger partial charge on any atom is 0.246 e. The van der Waals surface area contributed by atoms with Gasteiger partial charge in [0.15, 0.2) is 0 Å². The topological polar surface area (TPSA) is 40.5 Å². The van der Waals surface area contributed by atoms with Crippen LogP contribution in [0, 0.1) is 0 Å². The number of carbonyl (C=O) groups excluding carboxylic acids is 1. The zero-order valence-electron chi connectivity index (χ0n) is 8.94. The second-order valence-corrected chi connectivity index (χ2v) is 4.81. The summed E-state index contributed by atoms with van der Waals surface area (Å²) in [5, 5.41) is 10.1. The highest BCUT2D eigenvalue weighted by Crippen LogP contribution is 2.20. The Morgan fingerprint density at radius 1 is 1.29 bits per heavy atom. The highest BCUT2D eigenvalue weighted by Gasteiger charge is 2.26. The lowest BCUT2D eigenvalue weighted by atomic mass is 10.1. The van der Waals surface area contributed by atoms with Crippen LogP contribution in [0.4, 0.5) is 0 Å². The number of aliphatic hydroxyl groups is 1. The number of hydrogen-bond donors (Lipinski definition) is 1. The summed E-state index contributed by atoms with van der Waals surface area (Å²) in [6.45, 7) is 0.805. The number of benzene rings is 1. The quantitative estimate of drug-likeness (QED) is 0.838. The number of β-amino-alcohol motifs (C(OH)–C–C–N with tert-alkyl or cyclic N) is 1. The van der Waals surface area contributed by atoms with Crippen molar-refractivity contribution >= 4 is 35.2 Å². The molecule has 1 heterocycles. The van der Waals surface area contributed by atoms with Crippen molar-refractivity contribution < 1.29 is 9.90 Å². The Bertz CT molecular complexity index is 447. The minimum Gasteiger partial charge on any atom is -0.389 e. The minimum absolute atomic E-state index is 0.119. The molecule has 0 atom stereocenters. The monoisotopic (exact) mass is 271 g/mol. The molecule has 17 heavy (non-hydrogen) atoms. The van der Waals surface area contributed by atoms with Gasteiger partial charge in [0.05, 0.1) is 6.10 Å². The fourth-order valence-corrected chi connectivity index (χ4v) is 2.12. The van der Waals surface area contributed by atoms with Crippen LogP contribution in [0.15, 0.2) is 24.3 Å². The first-order valence-corrected chi connectivity index (χ1v) is 5.91. The number of aliphatic hydroxyl groups excluding tert-OH is 1. The third-order valence-electron chi connectivity index (χ3n) is 2.48. The summed E-state index contributed by atoms with van der Waals surface area (Å²) in [5.41, 5.74) is 0.775. The molecule has 0 aliphatic carbocycles. The van der Waals surface area contributed by atoms with Crippen molar-refractivity contribution in [2.45, 2.75) is 6.10 Å². The molecule has 1 saturated heterocycles. The predicted octanol–water partition coefficient (Wildman–Crippen LogP) is 2.21. The molecule has 1 aliphatic rings. The molecule has 0 bridgehead atoms. The number of amides is 1.